The zero-order chi connectivity index (χ0) is 11.2. The maximum Gasteiger partial charge on any atom is 0.168 e. The molecule has 2 heteroatoms. The molecule has 0 atom stereocenters. The third-order valence-electron chi connectivity index (χ3n) is 3.65. The topological polar surface area (TPSA) is 17.1 Å². The molecule has 0 N–H and O–H groups in total. The summed E-state index contributed by atoms with van der Waals surface area (Å²) in [6, 6.07) is 0. The van der Waals surface area contributed by atoms with Gasteiger partial charge in [0.25, 0.3) is 0 Å². The average Bonchev–Trinajstić information content (AvgIpc) is 2.38. The largest absolute Gasteiger partial charge is 0.294 e. The molecule has 0 saturated heterocycles. The lowest BCUT2D eigenvalue weighted by Crippen LogP contribution is -2.14. The lowest BCUT2D eigenvalue weighted by molar-refractivity contribution is -0.113. The predicted octanol–water partition coefficient (Wildman–Crippen LogP) is 4.12. The normalized spacial score (nSPS) is 22.9. The van der Waals surface area contributed by atoms with E-state index in [1.54, 1.807) is 0 Å². The van der Waals surface area contributed by atoms with E-state index in [1.165, 1.54) is 44.9 Å². The summed E-state index contributed by atoms with van der Waals surface area (Å²) in [5.41, 5.74) is 1.12. The van der Waals surface area contributed by atoms with Crippen molar-refractivity contribution in [3.05, 3.63) is 11.6 Å². The van der Waals surface area contributed by atoms with Crippen molar-refractivity contribution in [1.29, 1.82) is 0 Å². The van der Waals surface area contributed by atoms with Crippen LogP contribution in [0.2, 0.25) is 0 Å². The molecule has 0 bridgehead atoms. The standard InChI is InChI=1S/C14H22OS/c15-14(12-7-3-1-4-8-12)11-16-13-9-5-2-6-10-13/h7,13H,1-6,8-11H2. The minimum Gasteiger partial charge on any atom is -0.294 e. The van der Waals surface area contributed by atoms with Crippen LogP contribution in [0.25, 0.3) is 0 Å². The van der Waals surface area contributed by atoms with Gasteiger partial charge in [0.2, 0.25) is 0 Å². The Bertz CT molecular complexity index is 264. The first-order chi connectivity index (χ1) is 7.86. The second-order valence-corrected chi connectivity index (χ2v) is 6.26. The molecule has 2 aliphatic rings. The van der Waals surface area contributed by atoms with Crippen LogP contribution in [0, 0.1) is 0 Å². The van der Waals surface area contributed by atoms with Gasteiger partial charge in [-0.15, -0.1) is 0 Å². The monoisotopic (exact) mass is 238 g/mol. The molecular weight excluding hydrogens is 216 g/mol. The van der Waals surface area contributed by atoms with Crippen molar-refractivity contribution in [1.82, 2.24) is 0 Å². The highest BCUT2D eigenvalue weighted by atomic mass is 32.2. The fraction of sp³-hybridized carbons (Fsp3) is 0.786. The number of ketones is 1. The van der Waals surface area contributed by atoms with Crippen molar-refractivity contribution < 1.29 is 4.79 Å². The molecule has 1 fully saturated rings. The van der Waals surface area contributed by atoms with Gasteiger partial charge in [-0.25, -0.2) is 0 Å². The van der Waals surface area contributed by atoms with E-state index in [2.05, 4.69) is 6.08 Å². The van der Waals surface area contributed by atoms with Crippen molar-refractivity contribution in [2.24, 2.45) is 0 Å². The van der Waals surface area contributed by atoms with Gasteiger partial charge in [-0.2, -0.15) is 11.8 Å². The van der Waals surface area contributed by atoms with Crippen LogP contribution in [0.5, 0.6) is 0 Å². The van der Waals surface area contributed by atoms with Crippen LogP contribution in [-0.4, -0.2) is 16.8 Å². The predicted molar refractivity (Wildman–Crippen MR) is 70.9 cm³/mol. The van der Waals surface area contributed by atoms with Gasteiger partial charge < -0.3 is 0 Å². The van der Waals surface area contributed by atoms with Crippen LogP contribution in [0.1, 0.15) is 57.8 Å². The molecule has 0 spiro atoms. The van der Waals surface area contributed by atoms with Crippen molar-refractivity contribution in [3.63, 3.8) is 0 Å². The maximum atomic E-state index is 12.0. The Morgan fingerprint density at radius 3 is 2.69 bits per heavy atom. The molecule has 0 amide bonds. The summed E-state index contributed by atoms with van der Waals surface area (Å²) in [5.74, 6) is 1.14. The first-order valence-electron chi connectivity index (χ1n) is 6.70. The van der Waals surface area contributed by atoms with Crippen molar-refractivity contribution in [2.45, 2.75) is 63.0 Å². The van der Waals surface area contributed by atoms with Gasteiger partial charge in [0, 0.05) is 5.25 Å². The summed E-state index contributed by atoms with van der Waals surface area (Å²) in [4.78, 5) is 12.0. The van der Waals surface area contributed by atoms with E-state index in [4.69, 9.17) is 0 Å². The first kappa shape index (κ1) is 12.2. The molecule has 2 aliphatic carbocycles. The minimum absolute atomic E-state index is 0.412. The lowest BCUT2D eigenvalue weighted by atomic mass is 9.97. The summed E-state index contributed by atoms with van der Waals surface area (Å²) in [6.07, 6.45) is 13.6. The number of rotatable bonds is 4. The average molecular weight is 238 g/mol. The van der Waals surface area contributed by atoms with Crippen LogP contribution in [0.3, 0.4) is 0 Å². The molecule has 16 heavy (non-hydrogen) atoms. The fourth-order valence-corrected chi connectivity index (χ4v) is 3.85. The molecule has 1 saturated carbocycles. The van der Waals surface area contributed by atoms with Gasteiger partial charge in [-0.05, 0) is 44.1 Å². The molecular formula is C14H22OS. The van der Waals surface area contributed by atoms with Crippen LogP contribution in [0.4, 0.5) is 0 Å². The maximum absolute atomic E-state index is 12.0. The molecule has 0 aromatic carbocycles. The van der Waals surface area contributed by atoms with Crippen LogP contribution in [-0.2, 0) is 4.79 Å². The zero-order valence-electron chi connectivity index (χ0n) is 10.0. The summed E-state index contributed by atoms with van der Waals surface area (Å²) in [5, 5.41) is 0.766. The van der Waals surface area contributed by atoms with E-state index < -0.39 is 0 Å². The van der Waals surface area contributed by atoms with Gasteiger partial charge in [-0.3, -0.25) is 4.79 Å². The number of thioether (sulfide) groups is 1. The number of carbonyl (C=O) groups is 1. The van der Waals surface area contributed by atoms with E-state index in [-0.39, 0.29) is 0 Å². The second-order valence-electron chi connectivity index (χ2n) is 4.97. The molecule has 90 valence electrons. The van der Waals surface area contributed by atoms with Crippen LogP contribution < -0.4 is 0 Å². The van der Waals surface area contributed by atoms with Crippen molar-refractivity contribution in [2.75, 3.05) is 5.75 Å². The lowest BCUT2D eigenvalue weighted by Gasteiger charge is -2.21. The van der Waals surface area contributed by atoms with E-state index in [0.29, 0.717) is 5.78 Å². The summed E-state index contributed by atoms with van der Waals surface area (Å²) in [6.45, 7) is 0. The molecule has 0 aliphatic heterocycles. The SMILES string of the molecule is O=C(CSC1CCCCC1)C1=CCCCC1. The fourth-order valence-electron chi connectivity index (χ4n) is 2.61. The summed E-state index contributed by atoms with van der Waals surface area (Å²) < 4.78 is 0. The second kappa shape index (κ2) is 6.48. The van der Waals surface area contributed by atoms with Gasteiger partial charge >= 0.3 is 0 Å². The Morgan fingerprint density at radius 1 is 1.19 bits per heavy atom. The Kier molecular flexibility index (Phi) is 4.95. The number of hydrogen-bond donors (Lipinski definition) is 0. The Hall–Kier alpha value is -0.240. The van der Waals surface area contributed by atoms with Gasteiger partial charge in [-0.1, -0.05) is 25.3 Å². The van der Waals surface area contributed by atoms with Crippen molar-refractivity contribution >= 4 is 17.5 Å². The number of hydrogen-bond acceptors (Lipinski definition) is 2. The molecule has 2 rings (SSSR count). The zero-order valence-corrected chi connectivity index (χ0v) is 10.9. The number of Topliss-reactive ketones (excluding diaryl/α,β-unsaturated/α-hetero) is 1. The number of carbonyl (C=O) groups excluding carboxylic acids is 1. The smallest absolute Gasteiger partial charge is 0.168 e. The van der Waals surface area contributed by atoms with Crippen LogP contribution >= 0.6 is 11.8 Å². The summed E-state index contributed by atoms with van der Waals surface area (Å²) in [7, 11) is 0. The Morgan fingerprint density at radius 2 is 2.00 bits per heavy atom. The van der Waals surface area contributed by atoms with Crippen LogP contribution in [0.15, 0.2) is 11.6 Å². The number of allylic oxidation sites excluding steroid dienone is 2. The highest BCUT2D eigenvalue weighted by Gasteiger charge is 2.17. The van der Waals surface area contributed by atoms with Gasteiger partial charge in [0.05, 0.1) is 5.75 Å². The van der Waals surface area contributed by atoms with E-state index in [1.807, 2.05) is 11.8 Å². The van der Waals surface area contributed by atoms with E-state index >= 15 is 0 Å². The Labute approximate surface area is 103 Å². The molecule has 0 aromatic heterocycles. The summed E-state index contributed by atoms with van der Waals surface area (Å²) >= 11 is 1.91. The van der Waals surface area contributed by atoms with Gasteiger partial charge in [0.15, 0.2) is 5.78 Å². The highest BCUT2D eigenvalue weighted by Crippen LogP contribution is 2.29. The van der Waals surface area contributed by atoms with Gasteiger partial charge in [0.1, 0.15) is 0 Å². The molecule has 0 radical (unpaired) electrons. The minimum atomic E-state index is 0.412. The molecule has 0 aromatic rings. The highest BCUT2D eigenvalue weighted by molar-refractivity contribution is 8.00. The Balaban J connectivity index is 1.72. The molecule has 0 heterocycles. The third kappa shape index (κ3) is 3.65. The molecule has 0 unspecified atom stereocenters. The van der Waals surface area contributed by atoms with Crippen molar-refractivity contribution in [3.8, 4) is 0 Å². The van der Waals surface area contributed by atoms with E-state index in [0.717, 1.165) is 29.4 Å². The third-order valence-corrected chi connectivity index (χ3v) is 5.02. The van der Waals surface area contributed by atoms with E-state index in [9.17, 15) is 4.79 Å². The quantitative estimate of drug-likeness (QED) is 0.733. The molecule has 1 nitrogen and oxygen atoms in total. The first-order valence-corrected chi connectivity index (χ1v) is 7.75.